The van der Waals surface area contributed by atoms with E-state index in [0.29, 0.717) is 12.3 Å². The standard InChI is InChI=1S/C11H12N2O2/c1-2-15-8-10(14)9-7-13-6-4-3-5-11(13)12-9/h3-7H,2,8H2,1H3. The predicted octanol–water partition coefficient (Wildman–Crippen LogP) is 1.55. The maximum Gasteiger partial charge on any atom is 0.208 e. The second-order valence-corrected chi connectivity index (χ2v) is 3.15. The highest BCUT2D eigenvalue weighted by molar-refractivity contribution is 5.95. The maximum absolute atomic E-state index is 11.6. The quantitative estimate of drug-likeness (QED) is 0.710. The van der Waals surface area contributed by atoms with Gasteiger partial charge >= 0.3 is 0 Å². The number of pyridine rings is 1. The lowest BCUT2D eigenvalue weighted by Crippen LogP contribution is -2.09. The molecule has 0 amide bonds. The summed E-state index contributed by atoms with van der Waals surface area (Å²) in [7, 11) is 0. The number of hydrogen-bond donors (Lipinski definition) is 0. The van der Waals surface area contributed by atoms with Gasteiger partial charge in [-0.2, -0.15) is 0 Å². The molecule has 0 unspecified atom stereocenters. The minimum atomic E-state index is -0.0828. The van der Waals surface area contributed by atoms with E-state index in [1.54, 1.807) is 6.20 Å². The van der Waals surface area contributed by atoms with Crippen molar-refractivity contribution in [2.24, 2.45) is 0 Å². The molecule has 0 aliphatic rings. The summed E-state index contributed by atoms with van der Waals surface area (Å²) in [6.07, 6.45) is 3.58. The van der Waals surface area contributed by atoms with Gasteiger partial charge in [0.05, 0.1) is 0 Å². The highest BCUT2D eigenvalue weighted by Gasteiger charge is 2.09. The van der Waals surface area contributed by atoms with Crippen LogP contribution in [0.5, 0.6) is 0 Å². The predicted molar refractivity (Wildman–Crippen MR) is 56.0 cm³/mol. The molecule has 15 heavy (non-hydrogen) atoms. The van der Waals surface area contributed by atoms with Gasteiger partial charge in [-0.1, -0.05) is 6.07 Å². The molecule has 0 atom stereocenters. The first-order chi connectivity index (χ1) is 7.31. The summed E-state index contributed by atoms with van der Waals surface area (Å²) in [6.45, 7) is 2.50. The van der Waals surface area contributed by atoms with Gasteiger partial charge < -0.3 is 9.14 Å². The largest absolute Gasteiger partial charge is 0.374 e. The van der Waals surface area contributed by atoms with E-state index in [-0.39, 0.29) is 12.4 Å². The number of Topliss-reactive ketones (excluding diaryl/α,β-unsaturated/α-hetero) is 1. The summed E-state index contributed by atoms with van der Waals surface area (Å²) >= 11 is 0. The second kappa shape index (κ2) is 4.23. The minimum Gasteiger partial charge on any atom is -0.374 e. The summed E-state index contributed by atoms with van der Waals surface area (Å²) in [6, 6.07) is 5.64. The van der Waals surface area contributed by atoms with Crippen LogP contribution in [0.2, 0.25) is 0 Å². The Labute approximate surface area is 87.5 Å². The van der Waals surface area contributed by atoms with Crippen molar-refractivity contribution in [1.82, 2.24) is 9.38 Å². The van der Waals surface area contributed by atoms with Crippen molar-refractivity contribution in [1.29, 1.82) is 0 Å². The van der Waals surface area contributed by atoms with Gasteiger partial charge in [0.15, 0.2) is 0 Å². The molecule has 0 N–H and O–H groups in total. The fraction of sp³-hybridized carbons (Fsp3) is 0.273. The van der Waals surface area contributed by atoms with E-state index in [1.165, 1.54) is 0 Å². The lowest BCUT2D eigenvalue weighted by molar-refractivity contribution is 0.0779. The van der Waals surface area contributed by atoms with Gasteiger partial charge in [-0.05, 0) is 19.1 Å². The Morgan fingerprint density at radius 2 is 2.40 bits per heavy atom. The molecule has 0 saturated carbocycles. The van der Waals surface area contributed by atoms with Crippen LogP contribution >= 0.6 is 0 Å². The number of fused-ring (bicyclic) bond motifs is 1. The molecule has 2 aromatic heterocycles. The van der Waals surface area contributed by atoms with Crippen LogP contribution in [0.4, 0.5) is 0 Å². The average molecular weight is 204 g/mol. The number of ether oxygens (including phenoxy) is 1. The Morgan fingerprint density at radius 1 is 1.53 bits per heavy atom. The molecule has 0 aliphatic carbocycles. The van der Waals surface area contributed by atoms with Gasteiger partial charge in [-0.25, -0.2) is 4.98 Å². The van der Waals surface area contributed by atoms with E-state index in [9.17, 15) is 4.79 Å². The van der Waals surface area contributed by atoms with E-state index in [4.69, 9.17) is 4.74 Å². The molecule has 4 nitrogen and oxygen atoms in total. The fourth-order valence-corrected chi connectivity index (χ4v) is 1.34. The maximum atomic E-state index is 11.6. The molecule has 0 fully saturated rings. The van der Waals surface area contributed by atoms with Crippen molar-refractivity contribution in [2.45, 2.75) is 6.92 Å². The van der Waals surface area contributed by atoms with Crippen LogP contribution in [0.1, 0.15) is 17.4 Å². The number of carbonyl (C=O) groups is 1. The third kappa shape index (κ3) is 2.05. The van der Waals surface area contributed by atoms with E-state index >= 15 is 0 Å². The molecule has 78 valence electrons. The number of nitrogens with zero attached hydrogens (tertiary/aromatic N) is 2. The Morgan fingerprint density at radius 3 is 3.13 bits per heavy atom. The molecule has 0 bridgehead atoms. The summed E-state index contributed by atoms with van der Waals surface area (Å²) < 4.78 is 6.87. The first kappa shape index (κ1) is 9.86. The number of hydrogen-bond acceptors (Lipinski definition) is 3. The van der Waals surface area contributed by atoms with Crippen molar-refractivity contribution in [2.75, 3.05) is 13.2 Å². The summed E-state index contributed by atoms with van der Waals surface area (Å²) in [5, 5.41) is 0. The Bertz CT molecular complexity index is 443. The first-order valence-electron chi connectivity index (χ1n) is 4.86. The van der Waals surface area contributed by atoms with Crippen LogP contribution in [0.25, 0.3) is 5.65 Å². The number of imidazole rings is 1. The molecule has 0 radical (unpaired) electrons. The van der Waals surface area contributed by atoms with Gasteiger partial charge in [0.1, 0.15) is 17.9 Å². The smallest absolute Gasteiger partial charge is 0.208 e. The molecular weight excluding hydrogens is 192 g/mol. The van der Waals surface area contributed by atoms with Crippen molar-refractivity contribution in [3.05, 3.63) is 36.3 Å². The molecule has 0 aliphatic heterocycles. The normalized spacial score (nSPS) is 10.7. The molecule has 2 heterocycles. The van der Waals surface area contributed by atoms with Crippen molar-refractivity contribution in [3.63, 3.8) is 0 Å². The zero-order chi connectivity index (χ0) is 10.7. The van der Waals surface area contributed by atoms with Crippen LogP contribution in [-0.2, 0) is 4.74 Å². The number of aromatic nitrogens is 2. The van der Waals surface area contributed by atoms with E-state index in [0.717, 1.165) is 5.65 Å². The SMILES string of the molecule is CCOCC(=O)c1cn2ccccc2n1. The molecule has 2 rings (SSSR count). The molecule has 4 heteroatoms. The van der Waals surface area contributed by atoms with E-state index in [1.807, 2.05) is 35.7 Å². The third-order valence-corrected chi connectivity index (χ3v) is 2.09. The lowest BCUT2D eigenvalue weighted by Gasteiger charge is -1.95. The number of rotatable bonds is 4. The summed E-state index contributed by atoms with van der Waals surface area (Å²) in [5.74, 6) is -0.0828. The molecule has 0 saturated heterocycles. The minimum absolute atomic E-state index is 0.0828. The highest BCUT2D eigenvalue weighted by atomic mass is 16.5. The zero-order valence-corrected chi connectivity index (χ0v) is 8.51. The Hall–Kier alpha value is -1.68. The van der Waals surface area contributed by atoms with E-state index in [2.05, 4.69) is 4.98 Å². The topological polar surface area (TPSA) is 43.6 Å². The molecular formula is C11H12N2O2. The molecule has 2 aromatic rings. The van der Waals surface area contributed by atoms with E-state index < -0.39 is 0 Å². The Kier molecular flexibility index (Phi) is 2.78. The van der Waals surface area contributed by atoms with Gasteiger partial charge in [0, 0.05) is 19.0 Å². The number of carbonyl (C=O) groups excluding carboxylic acids is 1. The first-order valence-corrected chi connectivity index (χ1v) is 4.86. The van der Waals surface area contributed by atoms with Gasteiger partial charge in [-0.3, -0.25) is 4.79 Å². The summed E-state index contributed by atoms with van der Waals surface area (Å²) in [4.78, 5) is 15.8. The molecule has 0 aromatic carbocycles. The highest BCUT2D eigenvalue weighted by Crippen LogP contribution is 2.05. The van der Waals surface area contributed by atoms with Crippen LogP contribution in [0.15, 0.2) is 30.6 Å². The van der Waals surface area contributed by atoms with Crippen LogP contribution in [-0.4, -0.2) is 28.4 Å². The fourth-order valence-electron chi connectivity index (χ4n) is 1.34. The van der Waals surface area contributed by atoms with Gasteiger partial charge in [0.2, 0.25) is 5.78 Å². The summed E-state index contributed by atoms with van der Waals surface area (Å²) in [5.41, 5.74) is 1.23. The molecule has 0 spiro atoms. The van der Waals surface area contributed by atoms with Crippen molar-refractivity contribution in [3.8, 4) is 0 Å². The lowest BCUT2D eigenvalue weighted by atomic mass is 10.3. The second-order valence-electron chi connectivity index (χ2n) is 3.15. The van der Waals surface area contributed by atoms with Gasteiger partial charge in [-0.15, -0.1) is 0 Å². The van der Waals surface area contributed by atoms with Crippen molar-refractivity contribution < 1.29 is 9.53 Å². The van der Waals surface area contributed by atoms with Crippen LogP contribution in [0.3, 0.4) is 0 Å². The van der Waals surface area contributed by atoms with Crippen molar-refractivity contribution >= 4 is 11.4 Å². The zero-order valence-electron chi connectivity index (χ0n) is 8.51. The number of ketones is 1. The van der Waals surface area contributed by atoms with Crippen LogP contribution in [0, 0.1) is 0 Å². The monoisotopic (exact) mass is 204 g/mol. The Balaban J connectivity index is 2.25. The average Bonchev–Trinajstić information content (AvgIpc) is 2.69. The third-order valence-electron chi connectivity index (χ3n) is 2.09. The van der Waals surface area contributed by atoms with Crippen LogP contribution < -0.4 is 0 Å². The van der Waals surface area contributed by atoms with Gasteiger partial charge in [0.25, 0.3) is 0 Å².